The lowest BCUT2D eigenvalue weighted by atomic mass is 10.0. The van der Waals surface area contributed by atoms with Gasteiger partial charge < -0.3 is 0 Å². The molecule has 1 aliphatic rings. The number of amides is 2. The van der Waals surface area contributed by atoms with Crippen molar-refractivity contribution in [3.63, 3.8) is 0 Å². The van der Waals surface area contributed by atoms with Crippen LogP contribution in [0.25, 0.3) is 0 Å². The van der Waals surface area contributed by atoms with E-state index in [4.69, 9.17) is 23.2 Å². The second-order valence-electron chi connectivity index (χ2n) is 4.41. The van der Waals surface area contributed by atoms with Crippen LogP contribution in [0.1, 0.15) is 18.9 Å². The predicted octanol–water partition coefficient (Wildman–Crippen LogP) is 1.96. The summed E-state index contributed by atoms with van der Waals surface area (Å²) in [5, 5.41) is 8.42. The summed E-state index contributed by atoms with van der Waals surface area (Å²) in [7, 11) is 0. The van der Waals surface area contributed by atoms with Gasteiger partial charge in [0.05, 0.1) is 22.2 Å². The normalized spacial score (nSPS) is 17.8. The molecule has 0 radical (unpaired) electrons. The number of nitrogens with zero attached hydrogens (tertiary/aromatic N) is 2. The Bertz CT molecular complexity index is 623. The summed E-state index contributed by atoms with van der Waals surface area (Å²) in [5.74, 6) is -1.24. The van der Waals surface area contributed by atoms with Crippen LogP contribution < -0.4 is 10.9 Å². The molecule has 6 nitrogen and oxygen atoms in total. The van der Waals surface area contributed by atoms with Crippen LogP contribution in [0.5, 0.6) is 0 Å². The first-order valence-corrected chi connectivity index (χ1v) is 6.84. The minimum absolute atomic E-state index is 0.0191. The third-order valence-electron chi connectivity index (χ3n) is 2.94. The lowest BCUT2D eigenvalue weighted by molar-refractivity contribution is -0.127. The average Bonchev–Trinajstić information content (AvgIpc) is 2.74. The Hall–Kier alpha value is -1.92. The molecule has 110 valence electrons. The number of carbonyl (C=O) groups excluding carboxylic acids is 2. The summed E-state index contributed by atoms with van der Waals surface area (Å²) in [6, 6.07) is 5.04. The topological polar surface area (TPSA) is 82.9 Å². The molecule has 0 saturated carbocycles. The van der Waals surface area contributed by atoms with Crippen LogP contribution in [-0.2, 0) is 9.59 Å². The van der Waals surface area contributed by atoms with Crippen LogP contribution in [0.15, 0.2) is 28.4 Å². The molecule has 1 heterocycles. The Labute approximate surface area is 131 Å². The molecule has 1 aliphatic heterocycles. The molecule has 1 aromatic rings. The zero-order valence-electron chi connectivity index (χ0n) is 11.1. The van der Waals surface area contributed by atoms with Crippen molar-refractivity contribution in [2.75, 3.05) is 0 Å². The fourth-order valence-electron chi connectivity index (χ4n) is 1.76. The molecule has 0 bridgehead atoms. The summed E-state index contributed by atoms with van der Waals surface area (Å²) >= 11 is 11.9. The monoisotopic (exact) mass is 326 g/mol. The van der Waals surface area contributed by atoms with E-state index in [9.17, 15) is 9.59 Å². The van der Waals surface area contributed by atoms with Crippen LogP contribution in [0.3, 0.4) is 0 Å². The quantitative estimate of drug-likeness (QED) is 0.654. The minimum Gasteiger partial charge on any atom is -0.273 e. The maximum absolute atomic E-state index is 11.7. The van der Waals surface area contributed by atoms with Crippen molar-refractivity contribution in [3.05, 3.63) is 33.8 Å². The molecule has 8 heteroatoms. The second-order valence-corrected chi connectivity index (χ2v) is 5.23. The van der Waals surface area contributed by atoms with E-state index in [1.54, 1.807) is 25.1 Å². The highest BCUT2D eigenvalue weighted by molar-refractivity contribution is 6.38. The average molecular weight is 327 g/mol. The molecule has 2 N–H and O–H groups in total. The van der Waals surface area contributed by atoms with E-state index in [1.165, 1.54) is 6.21 Å². The molecule has 1 aromatic carbocycles. The third kappa shape index (κ3) is 3.80. The molecule has 0 aliphatic carbocycles. The number of halogens is 2. The number of carbonyl (C=O) groups is 2. The van der Waals surface area contributed by atoms with Gasteiger partial charge in [-0.25, -0.2) is 10.9 Å². The van der Waals surface area contributed by atoms with Gasteiger partial charge in [-0.2, -0.15) is 10.2 Å². The summed E-state index contributed by atoms with van der Waals surface area (Å²) in [6.45, 7) is 1.68. The SMILES string of the molecule is CC1=NNC(=O)[C@H]1CC(=O)N/N=C\c1c(Cl)cccc1Cl. The molecule has 2 rings (SSSR count). The van der Waals surface area contributed by atoms with Gasteiger partial charge in [-0.3, -0.25) is 9.59 Å². The van der Waals surface area contributed by atoms with Crippen LogP contribution >= 0.6 is 23.2 Å². The van der Waals surface area contributed by atoms with Crippen molar-refractivity contribution in [2.24, 2.45) is 16.1 Å². The van der Waals surface area contributed by atoms with E-state index in [0.717, 1.165) is 0 Å². The Balaban J connectivity index is 1.94. The predicted molar refractivity (Wildman–Crippen MR) is 81.6 cm³/mol. The minimum atomic E-state index is -0.552. The Morgan fingerprint density at radius 2 is 2.14 bits per heavy atom. The van der Waals surface area contributed by atoms with Gasteiger partial charge >= 0.3 is 0 Å². The van der Waals surface area contributed by atoms with E-state index in [-0.39, 0.29) is 12.3 Å². The van der Waals surface area contributed by atoms with Gasteiger partial charge in [0.25, 0.3) is 0 Å². The van der Waals surface area contributed by atoms with Gasteiger partial charge in [-0.05, 0) is 19.1 Å². The molecule has 0 aromatic heterocycles. The first-order chi connectivity index (χ1) is 9.99. The fraction of sp³-hybridized carbons (Fsp3) is 0.231. The van der Waals surface area contributed by atoms with Crippen LogP contribution in [0.4, 0.5) is 0 Å². The van der Waals surface area contributed by atoms with Crippen LogP contribution in [-0.4, -0.2) is 23.7 Å². The summed E-state index contributed by atoms with van der Waals surface area (Å²) in [4.78, 5) is 23.2. The summed E-state index contributed by atoms with van der Waals surface area (Å²) in [5.41, 5.74) is 5.74. The van der Waals surface area contributed by atoms with E-state index in [0.29, 0.717) is 21.3 Å². The Morgan fingerprint density at radius 3 is 2.71 bits per heavy atom. The first-order valence-electron chi connectivity index (χ1n) is 6.09. The number of nitrogens with one attached hydrogen (secondary N) is 2. The zero-order chi connectivity index (χ0) is 15.4. The van der Waals surface area contributed by atoms with E-state index >= 15 is 0 Å². The highest BCUT2D eigenvalue weighted by Crippen LogP contribution is 2.22. The molecular formula is C13H12Cl2N4O2. The number of rotatable bonds is 4. The lowest BCUT2D eigenvalue weighted by Gasteiger charge is -2.06. The van der Waals surface area contributed by atoms with Gasteiger partial charge in [0.2, 0.25) is 11.8 Å². The van der Waals surface area contributed by atoms with Gasteiger partial charge in [0, 0.05) is 17.7 Å². The number of hydrazone groups is 2. The fourth-order valence-corrected chi connectivity index (χ4v) is 2.26. The lowest BCUT2D eigenvalue weighted by Crippen LogP contribution is -2.29. The number of hydrogen-bond acceptors (Lipinski definition) is 4. The van der Waals surface area contributed by atoms with Crippen LogP contribution in [0, 0.1) is 5.92 Å². The van der Waals surface area contributed by atoms with Gasteiger partial charge in [0.15, 0.2) is 0 Å². The standard InChI is InChI=1S/C13H12Cl2N4O2/c1-7-8(13(21)19-17-7)5-12(20)18-16-6-9-10(14)3-2-4-11(9)15/h2-4,6,8H,5H2,1H3,(H,18,20)(H,19,21)/b16-6-/t8-/m0/s1. The van der Waals surface area contributed by atoms with Crippen molar-refractivity contribution >= 4 is 46.9 Å². The van der Waals surface area contributed by atoms with Crippen molar-refractivity contribution in [3.8, 4) is 0 Å². The molecule has 0 fully saturated rings. The number of benzene rings is 1. The first kappa shape index (κ1) is 15.5. The molecule has 0 unspecified atom stereocenters. The smallest absolute Gasteiger partial charge is 0.249 e. The largest absolute Gasteiger partial charge is 0.273 e. The molecule has 21 heavy (non-hydrogen) atoms. The second kappa shape index (κ2) is 6.69. The van der Waals surface area contributed by atoms with Crippen molar-refractivity contribution in [1.29, 1.82) is 0 Å². The van der Waals surface area contributed by atoms with Crippen molar-refractivity contribution in [2.45, 2.75) is 13.3 Å². The zero-order valence-corrected chi connectivity index (χ0v) is 12.6. The third-order valence-corrected chi connectivity index (χ3v) is 3.59. The Kier molecular flexibility index (Phi) is 4.93. The van der Waals surface area contributed by atoms with E-state index in [2.05, 4.69) is 21.1 Å². The molecule has 0 saturated heterocycles. The molecule has 0 spiro atoms. The highest BCUT2D eigenvalue weighted by atomic mass is 35.5. The van der Waals surface area contributed by atoms with E-state index < -0.39 is 11.8 Å². The maximum atomic E-state index is 11.7. The summed E-state index contributed by atoms with van der Waals surface area (Å²) in [6.07, 6.45) is 1.34. The summed E-state index contributed by atoms with van der Waals surface area (Å²) < 4.78 is 0. The number of hydrogen-bond donors (Lipinski definition) is 2. The Morgan fingerprint density at radius 1 is 1.48 bits per heavy atom. The maximum Gasteiger partial charge on any atom is 0.249 e. The van der Waals surface area contributed by atoms with E-state index in [1.807, 2.05) is 0 Å². The van der Waals surface area contributed by atoms with Crippen LogP contribution in [0.2, 0.25) is 10.0 Å². The molecule has 1 atom stereocenters. The van der Waals surface area contributed by atoms with Crippen molar-refractivity contribution < 1.29 is 9.59 Å². The highest BCUT2D eigenvalue weighted by Gasteiger charge is 2.28. The molecule has 2 amide bonds. The molecular weight excluding hydrogens is 315 g/mol. The van der Waals surface area contributed by atoms with Gasteiger partial charge in [-0.1, -0.05) is 29.3 Å². The van der Waals surface area contributed by atoms with Gasteiger partial charge in [-0.15, -0.1) is 0 Å². The van der Waals surface area contributed by atoms with Crippen molar-refractivity contribution in [1.82, 2.24) is 10.9 Å². The van der Waals surface area contributed by atoms with Gasteiger partial charge in [0.1, 0.15) is 0 Å².